The lowest BCUT2D eigenvalue weighted by Crippen LogP contribution is -2.33. The van der Waals surface area contributed by atoms with Crippen molar-refractivity contribution in [3.05, 3.63) is 47.7 Å². The van der Waals surface area contributed by atoms with Crippen LogP contribution in [0.3, 0.4) is 0 Å². The molecule has 0 radical (unpaired) electrons. The molecular weight excluding hydrogens is 432 g/mol. The normalized spacial score (nSPS) is 12.1. The molecule has 1 aromatic carbocycles. The van der Waals surface area contributed by atoms with Gasteiger partial charge in [0.2, 0.25) is 5.95 Å². The molecule has 0 aliphatic rings. The Morgan fingerprint density at radius 3 is 2.52 bits per heavy atom. The smallest absolute Gasteiger partial charge is 0.422 e. The van der Waals surface area contributed by atoms with Crippen LogP contribution in [0.5, 0.6) is 5.75 Å². The van der Waals surface area contributed by atoms with Gasteiger partial charge in [0.1, 0.15) is 12.3 Å². The number of aryl methyl sites for hydroxylation is 1. The topological polar surface area (TPSA) is 80.5 Å². The van der Waals surface area contributed by atoms with Gasteiger partial charge in [-0.1, -0.05) is 6.07 Å². The summed E-state index contributed by atoms with van der Waals surface area (Å²) < 4.78 is 80.9. The summed E-state index contributed by atoms with van der Waals surface area (Å²) >= 11 is 0. The highest BCUT2D eigenvalue weighted by atomic mass is 19.4. The van der Waals surface area contributed by atoms with Crippen LogP contribution >= 0.6 is 0 Å². The number of nitrogens with zero attached hydrogens (tertiary/aromatic N) is 3. The zero-order valence-corrected chi connectivity index (χ0v) is 15.8. The van der Waals surface area contributed by atoms with Crippen molar-refractivity contribution in [3.63, 3.8) is 0 Å². The van der Waals surface area contributed by atoms with Crippen LogP contribution in [0.25, 0.3) is 5.65 Å². The Morgan fingerprint density at radius 1 is 1.10 bits per heavy atom. The maximum absolute atomic E-state index is 12.6. The van der Waals surface area contributed by atoms with Gasteiger partial charge < -0.3 is 15.4 Å². The number of hydrogen-bond donors (Lipinski definition) is 2. The molecular formula is C18H15F6N5O2. The zero-order chi connectivity index (χ0) is 22.8. The van der Waals surface area contributed by atoms with E-state index in [2.05, 4.69) is 15.4 Å². The number of alkyl halides is 6. The van der Waals surface area contributed by atoms with E-state index in [9.17, 15) is 31.1 Å². The van der Waals surface area contributed by atoms with Crippen LogP contribution in [0.1, 0.15) is 15.9 Å². The number of carbonyl (C=O) groups excluding carboxylic acids is 1. The SMILES string of the molecule is Cc1ccc2nc(Nc3ccc(C(=O)NCC(F)(F)F)cc3OCC(F)(F)F)nn2c1. The molecule has 0 saturated carbocycles. The number of carbonyl (C=O) groups is 1. The molecule has 0 fully saturated rings. The molecule has 2 aromatic heterocycles. The first kappa shape index (κ1) is 22.2. The quantitative estimate of drug-likeness (QED) is 0.558. The molecule has 166 valence electrons. The van der Waals surface area contributed by atoms with Crippen molar-refractivity contribution in [2.75, 3.05) is 18.5 Å². The van der Waals surface area contributed by atoms with E-state index in [0.717, 1.165) is 17.7 Å². The molecule has 0 spiro atoms. The van der Waals surface area contributed by atoms with Crippen LogP contribution in [0, 0.1) is 6.92 Å². The summed E-state index contributed by atoms with van der Waals surface area (Å²) in [5, 5.41) is 8.48. The summed E-state index contributed by atoms with van der Waals surface area (Å²) in [6.45, 7) is -1.43. The molecule has 3 rings (SSSR count). The predicted molar refractivity (Wildman–Crippen MR) is 97.4 cm³/mol. The molecule has 0 aliphatic carbocycles. The summed E-state index contributed by atoms with van der Waals surface area (Å²) in [5.41, 5.74) is 1.04. The fraction of sp³-hybridized carbons (Fsp3) is 0.278. The molecule has 1 amide bonds. The van der Waals surface area contributed by atoms with Crippen LogP contribution in [0.2, 0.25) is 0 Å². The highest BCUT2D eigenvalue weighted by molar-refractivity contribution is 5.95. The first-order valence-electron chi connectivity index (χ1n) is 8.68. The number of ether oxygens (including phenoxy) is 1. The van der Waals surface area contributed by atoms with E-state index in [1.54, 1.807) is 23.6 Å². The number of amides is 1. The van der Waals surface area contributed by atoms with E-state index in [-0.39, 0.29) is 17.2 Å². The lowest BCUT2D eigenvalue weighted by Gasteiger charge is -2.15. The molecule has 31 heavy (non-hydrogen) atoms. The maximum atomic E-state index is 12.6. The minimum absolute atomic E-state index is 0.00995. The largest absolute Gasteiger partial charge is 0.482 e. The van der Waals surface area contributed by atoms with E-state index in [1.807, 2.05) is 6.92 Å². The van der Waals surface area contributed by atoms with Crippen molar-refractivity contribution in [2.45, 2.75) is 19.3 Å². The van der Waals surface area contributed by atoms with Gasteiger partial charge in [0, 0.05) is 11.8 Å². The average Bonchev–Trinajstić information content (AvgIpc) is 3.05. The van der Waals surface area contributed by atoms with E-state index in [1.165, 1.54) is 10.6 Å². The second-order valence-corrected chi connectivity index (χ2v) is 6.48. The first-order chi connectivity index (χ1) is 14.4. The van der Waals surface area contributed by atoms with E-state index in [4.69, 9.17) is 4.74 Å². The van der Waals surface area contributed by atoms with E-state index in [0.29, 0.717) is 5.65 Å². The predicted octanol–water partition coefficient (Wildman–Crippen LogP) is 4.01. The number of fused-ring (bicyclic) bond motifs is 1. The summed E-state index contributed by atoms with van der Waals surface area (Å²) in [7, 11) is 0. The van der Waals surface area contributed by atoms with Crippen LogP contribution in [0.15, 0.2) is 36.5 Å². The highest BCUT2D eigenvalue weighted by Crippen LogP contribution is 2.30. The lowest BCUT2D eigenvalue weighted by molar-refractivity contribution is -0.153. The molecule has 0 aliphatic heterocycles. The third-order valence-corrected chi connectivity index (χ3v) is 3.81. The van der Waals surface area contributed by atoms with Crippen molar-refractivity contribution in [3.8, 4) is 5.75 Å². The Hall–Kier alpha value is -3.51. The van der Waals surface area contributed by atoms with Gasteiger partial charge in [0.15, 0.2) is 12.3 Å². The van der Waals surface area contributed by atoms with Gasteiger partial charge in [0.25, 0.3) is 5.91 Å². The van der Waals surface area contributed by atoms with Gasteiger partial charge in [-0.15, -0.1) is 5.10 Å². The molecule has 0 unspecified atom stereocenters. The Kier molecular flexibility index (Phi) is 5.95. The maximum Gasteiger partial charge on any atom is 0.422 e. The van der Waals surface area contributed by atoms with Gasteiger partial charge in [-0.05, 0) is 36.8 Å². The van der Waals surface area contributed by atoms with Crippen LogP contribution < -0.4 is 15.4 Å². The number of benzene rings is 1. The van der Waals surface area contributed by atoms with Crippen LogP contribution in [-0.2, 0) is 0 Å². The van der Waals surface area contributed by atoms with Crippen LogP contribution in [0.4, 0.5) is 38.0 Å². The average molecular weight is 447 g/mol. The molecule has 0 saturated heterocycles. The zero-order valence-electron chi connectivity index (χ0n) is 15.8. The Labute approximate surface area is 171 Å². The number of nitrogens with one attached hydrogen (secondary N) is 2. The van der Waals surface area contributed by atoms with Crippen LogP contribution in [-0.4, -0.2) is 46.0 Å². The van der Waals surface area contributed by atoms with Crippen molar-refractivity contribution >= 4 is 23.2 Å². The van der Waals surface area contributed by atoms with Gasteiger partial charge in [-0.25, -0.2) is 4.52 Å². The molecule has 13 heteroatoms. The number of anilines is 2. The standard InChI is InChI=1S/C18H15F6N5O2/c1-10-2-5-14-27-16(28-29(14)7-10)26-12-4-3-11(15(30)25-8-17(19,20)21)6-13(12)31-9-18(22,23)24/h2-7H,8-9H2,1H3,(H,25,30)(H,26,28). The van der Waals surface area contributed by atoms with Gasteiger partial charge in [-0.2, -0.15) is 31.3 Å². The Balaban J connectivity index is 1.87. The third-order valence-electron chi connectivity index (χ3n) is 3.81. The summed E-state index contributed by atoms with van der Waals surface area (Å²) in [4.78, 5) is 16.1. The second-order valence-electron chi connectivity index (χ2n) is 6.48. The molecule has 3 aromatic rings. The molecule has 0 bridgehead atoms. The summed E-state index contributed by atoms with van der Waals surface area (Å²) in [5.74, 6) is -1.49. The van der Waals surface area contributed by atoms with Crippen molar-refractivity contribution in [1.29, 1.82) is 0 Å². The first-order valence-corrected chi connectivity index (χ1v) is 8.68. The van der Waals surface area contributed by atoms with Gasteiger partial charge in [-0.3, -0.25) is 4.79 Å². The third kappa shape index (κ3) is 6.23. The lowest BCUT2D eigenvalue weighted by atomic mass is 10.1. The van der Waals surface area contributed by atoms with Gasteiger partial charge >= 0.3 is 12.4 Å². The Bertz CT molecular complexity index is 1090. The summed E-state index contributed by atoms with van der Waals surface area (Å²) in [6, 6.07) is 6.70. The van der Waals surface area contributed by atoms with E-state index < -0.39 is 37.2 Å². The van der Waals surface area contributed by atoms with Crippen molar-refractivity contribution in [2.24, 2.45) is 0 Å². The number of rotatable bonds is 6. The monoisotopic (exact) mass is 447 g/mol. The fourth-order valence-electron chi connectivity index (χ4n) is 2.49. The van der Waals surface area contributed by atoms with Gasteiger partial charge in [0.05, 0.1) is 5.69 Å². The Morgan fingerprint density at radius 2 is 1.84 bits per heavy atom. The fourth-order valence-corrected chi connectivity index (χ4v) is 2.49. The minimum Gasteiger partial charge on any atom is -0.482 e. The van der Waals surface area contributed by atoms with E-state index >= 15 is 0 Å². The molecule has 2 N–H and O–H groups in total. The highest BCUT2D eigenvalue weighted by Gasteiger charge is 2.30. The molecule has 0 atom stereocenters. The molecule has 2 heterocycles. The van der Waals surface area contributed by atoms with Crippen molar-refractivity contribution < 1.29 is 35.9 Å². The number of aromatic nitrogens is 3. The minimum atomic E-state index is -4.68. The second kappa shape index (κ2) is 8.32. The number of halogens is 6. The van der Waals surface area contributed by atoms with Crippen molar-refractivity contribution in [1.82, 2.24) is 19.9 Å². The number of pyridine rings is 1. The summed E-state index contributed by atoms with van der Waals surface area (Å²) in [6.07, 6.45) is -7.63. The molecule has 7 nitrogen and oxygen atoms in total. The number of hydrogen-bond acceptors (Lipinski definition) is 5.